The highest BCUT2D eigenvalue weighted by Gasteiger charge is 2.67. The van der Waals surface area contributed by atoms with Gasteiger partial charge in [-0.1, -0.05) is 32.4 Å². The third kappa shape index (κ3) is 2.09. The number of carbonyl (C=O) groups excluding carboxylic acids is 2. The molecule has 0 amide bonds. The van der Waals surface area contributed by atoms with E-state index < -0.39 is 23.4 Å². The van der Waals surface area contributed by atoms with Crippen molar-refractivity contribution in [1.82, 2.24) is 0 Å². The van der Waals surface area contributed by atoms with E-state index in [0.717, 1.165) is 25.7 Å². The number of aliphatic hydroxyl groups is 2. The summed E-state index contributed by atoms with van der Waals surface area (Å²) >= 11 is 0. The van der Waals surface area contributed by atoms with E-state index in [9.17, 15) is 19.8 Å². The number of aliphatic hydroxyl groups excluding tert-OH is 1. The van der Waals surface area contributed by atoms with E-state index in [0.29, 0.717) is 36.9 Å². The van der Waals surface area contributed by atoms with Crippen LogP contribution in [0.2, 0.25) is 0 Å². The molecule has 2 N–H and O–H groups in total. The minimum atomic E-state index is -1.44. The summed E-state index contributed by atoms with van der Waals surface area (Å²) in [6, 6.07) is 0. The molecule has 26 heavy (non-hydrogen) atoms. The third-order valence-electron chi connectivity index (χ3n) is 8.99. The maximum absolute atomic E-state index is 12.5. The molecule has 3 fully saturated rings. The first-order valence-corrected chi connectivity index (χ1v) is 10.3. The molecule has 4 aliphatic carbocycles. The summed E-state index contributed by atoms with van der Waals surface area (Å²) in [7, 11) is 0. The van der Waals surface area contributed by atoms with Crippen molar-refractivity contribution in [2.75, 3.05) is 6.61 Å². The van der Waals surface area contributed by atoms with Crippen LogP contribution in [0.4, 0.5) is 0 Å². The summed E-state index contributed by atoms with van der Waals surface area (Å²) < 4.78 is 0. The molecule has 0 aromatic heterocycles. The summed E-state index contributed by atoms with van der Waals surface area (Å²) in [5, 5.41) is 20.9. The predicted molar refractivity (Wildman–Crippen MR) is 98.3 cm³/mol. The van der Waals surface area contributed by atoms with Crippen LogP contribution in [0.1, 0.15) is 65.7 Å². The highest BCUT2D eigenvalue weighted by molar-refractivity contribution is 5.90. The number of hydrogen-bond acceptors (Lipinski definition) is 4. The maximum atomic E-state index is 12.5. The molecular weight excluding hydrogens is 328 g/mol. The largest absolute Gasteiger partial charge is 0.388 e. The molecule has 0 aromatic rings. The van der Waals surface area contributed by atoms with Crippen LogP contribution in [0.25, 0.3) is 0 Å². The summed E-state index contributed by atoms with van der Waals surface area (Å²) in [5.41, 5.74) is -0.344. The Bertz CT molecular complexity index is 682. The normalized spacial score (nSPS) is 50.5. The molecule has 4 nitrogen and oxygen atoms in total. The van der Waals surface area contributed by atoms with Crippen molar-refractivity contribution in [3.05, 3.63) is 11.6 Å². The first kappa shape index (κ1) is 18.4. The molecule has 4 heteroatoms. The summed E-state index contributed by atoms with van der Waals surface area (Å²) in [4.78, 5) is 24.5. The van der Waals surface area contributed by atoms with Gasteiger partial charge in [0.2, 0.25) is 0 Å². The summed E-state index contributed by atoms with van der Waals surface area (Å²) in [6.07, 6.45) is 8.28. The van der Waals surface area contributed by atoms with Crippen molar-refractivity contribution in [2.24, 2.45) is 34.5 Å². The smallest absolute Gasteiger partial charge is 0.190 e. The van der Waals surface area contributed by atoms with Gasteiger partial charge in [0.1, 0.15) is 18.0 Å². The van der Waals surface area contributed by atoms with Crippen molar-refractivity contribution in [3.63, 3.8) is 0 Å². The molecule has 0 heterocycles. The molecular formula is C22H32O4. The number of ketones is 2. The van der Waals surface area contributed by atoms with E-state index in [1.54, 1.807) is 0 Å². The quantitative estimate of drug-likeness (QED) is 0.742. The molecule has 4 aliphatic rings. The second-order valence-corrected chi connectivity index (χ2v) is 9.91. The molecule has 0 spiro atoms. The number of hydrogen-bond donors (Lipinski definition) is 2. The highest BCUT2D eigenvalue weighted by Crippen LogP contribution is 2.67. The molecule has 7 atom stereocenters. The van der Waals surface area contributed by atoms with Gasteiger partial charge >= 0.3 is 0 Å². The second kappa shape index (κ2) is 5.75. The average molecular weight is 360 g/mol. The van der Waals surface area contributed by atoms with E-state index in [4.69, 9.17) is 0 Å². The Morgan fingerprint density at radius 3 is 2.73 bits per heavy atom. The molecule has 0 bridgehead atoms. The zero-order valence-electron chi connectivity index (χ0n) is 16.3. The van der Waals surface area contributed by atoms with E-state index >= 15 is 0 Å². The number of rotatable bonds is 2. The molecule has 0 saturated heterocycles. The number of fused-ring (bicyclic) bond motifs is 5. The van der Waals surface area contributed by atoms with Crippen LogP contribution in [0.5, 0.6) is 0 Å². The van der Waals surface area contributed by atoms with Gasteiger partial charge < -0.3 is 10.2 Å². The van der Waals surface area contributed by atoms with Crippen LogP contribution < -0.4 is 0 Å². The number of Topliss-reactive ketones (excluding diaryl/α,β-unsaturated/α-hetero) is 2. The minimum Gasteiger partial charge on any atom is -0.388 e. The van der Waals surface area contributed by atoms with Gasteiger partial charge in [0, 0.05) is 18.3 Å². The lowest BCUT2D eigenvalue weighted by Gasteiger charge is -2.56. The van der Waals surface area contributed by atoms with Gasteiger partial charge in [-0.05, 0) is 61.2 Å². The van der Waals surface area contributed by atoms with Gasteiger partial charge in [-0.3, -0.25) is 9.59 Å². The number of allylic oxidation sites excluding steroid dienone is 2. The Kier molecular flexibility index (Phi) is 4.06. The van der Waals surface area contributed by atoms with Crippen molar-refractivity contribution in [1.29, 1.82) is 0 Å². The number of carbonyl (C=O) groups is 2. The molecule has 3 saturated carbocycles. The Hall–Kier alpha value is -1.00. The lowest BCUT2D eigenvalue weighted by Crippen LogP contribution is -2.58. The van der Waals surface area contributed by atoms with Gasteiger partial charge in [-0.2, -0.15) is 0 Å². The molecule has 0 aliphatic heterocycles. The van der Waals surface area contributed by atoms with Gasteiger partial charge in [0.05, 0.1) is 0 Å². The van der Waals surface area contributed by atoms with E-state index in [1.807, 2.05) is 6.92 Å². The monoisotopic (exact) mass is 360 g/mol. The van der Waals surface area contributed by atoms with E-state index in [1.165, 1.54) is 5.57 Å². The first-order chi connectivity index (χ1) is 12.2. The van der Waals surface area contributed by atoms with Crippen LogP contribution in [0, 0.1) is 34.5 Å². The van der Waals surface area contributed by atoms with E-state index in [2.05, 4.69) is 19.9 Å². The predicted octanol–water partition coefficient (Wildman–Crippen LogP) is 3.06. The first-order valence-electron chi connectivity index (χ1n) is 10.3. The molecule has 144 valence electrons. The van der Waals surface area contributed by atoms with Crippen LogP contribution in [-0.4, -0.2) is 34.0 Å². The van der Waals surface area contributed by atoms with Gasteiger partial charge in [0.25, 0.3) is 0 Å². The fourth-order valence-corrected chi connectivity index (χ4v) is 7.38. The molecule has 0 unspecified atom stereocenters. The van der Waals surface area contributed by atoms with Crippen LogP contribution >= 0.6 is 0 Å². The minimum absolute atomic E-state index is 0.100. The Balaban J connectivity index is 1.74. The van der Waals surface area contributed by atoms with E-state index in [-0.39, 0.29) is 17.3 Å². The lowest BCUT2D eigenvalue weighted by molar-refractivity contribution is -0.162. The standard InChI is InChI=1S/C22H32O4/c1-13-10-18-16-5-4-14-11-15(24)6-8-20(14,2)17(16)7-9-21(18,3)22(13,26)19(25)12-23/h7,13-14,16,18,23,26H,4-6,8-12H2,1-3H3/t13-,14+,16-,18-,20+,21+,22+/m1/s1. The topological polar surface area (TPSA) is 74.6 Å². The second-order valence-electron chi connectivity index (χ2n) is 9.91. The SMILES string of the molecule is C[C@@H]1C[C@@H]2[C@@H]3CC[C@H]4CC(=O)CC[C@]4(C)C3=CC[C@]2(C)[C@@]1(O)C(=O)CO. The van der Waals surface area contributed by atoms with Crippen molar-refractivity contribution in [3.8, 4) is 0 Å². The fraction of sp³-hybridized carbons (Fsp3) is 0.818. The van der Waals surface area contributed by atoms with Gasteiger partial charge in [-0.15, -0.1) is 0 Å². The molecule has 0 aromatic carbocycles. The maximum Gasteiger partial charge on any atom is 0.190 e. The fourth-order valence-electron chi connectivity index (χ4n) is 7.38. The van der Waals surface area contributed by atoms with Crippen LogP contribution in [-0.2, 0) is 9.59 Å². The summed E-state index contributed by atoms with van der Waals surface area (Å²) in [6.45, 7) is 5.77. The Morgan fingerprint density at radius 1 is 1.31 bits per heavy atom. The zero-order valence-corrected chi connectivity index (χ0v) is 16.3. The van der Waals surface area contributed by atoms with Crippen molar-refractivity contribution in [2.45, 2.75) is 71.3 Å². The molecule has 0 radical (unpaired) electrons. The summed E-state index contributed by atoms with van der Waals surface area (Å²) in [5.74, 6) is 0.968. The Morgan fingerprint density at radius 2 is 2.04 bits per heavy atom. The molecule has 4 rings (SSSR count). The van der Waals surface area contributed by atoms with Crippen molar-refractivity contribution < 1.29 is 19.8 Å². The van der Waals surface area contributed by atoms with Gasteiger partial charge in [-0.25, -0.2) is 0 Å². The lowest BCUT2D eigenvalue weighted by atomic mass is 9.48. The van der Waals surface area contributed by atoms with Crippen LogP contribution in [0.3, 0.4) is 0 Å². The van der Waals surface area contributed by atoms with Crippen LogP contribution in [0.15, 0.2) is 11.6 Å². The third-order valence-corrected chi connectivity index (χ3v) is 8.99. The average Bonchev–Trinajstić information content (AvgIpc) is 2.83. The Labute approximate surface area is 156 Å². The zero-order chi connectivity index (χ0) is 18.9. The van der Waals surface area contributed by atoms with Crippen molar-refractivity contribution >= 4 is 11.6 Å². The highest BCUT2D eigenvalue weighted by atomic mass is 16.3. The van der Waals surface area contributed by atoms with Gasteiger partial charge in [0.15, 0.2) is 5.78 Å².